The van der Waals surface area contributed by atoms with Gasteiger partial charge in [-0.15, -0.1) is 23.1 Å². The molecule has 2 heterocycles. The van der Waals surface area contributed by atoms with E-state index in [1.165, 1.54) is 36.3 Å². The van der Waals surface area contributed by atoms with Gasteiger partial charge in [0.05, 0.1) is 29.3 Å². The number of esters is 1. The number of benzene rings is 4. The number of nitrogens with one attached hydrogen (secondary N) is 3. The standard InChI is InChI=1S/C44H40Cl2N4O7S2/c1-44(2,3)57-43(55)50-22-21-31-34(25-50)59-41(35(31)42(54)56-4)49-40(53)37(26-13-7-5-8-14-26)58-30-19-12-18-29(24-30)47-39(52)33(23-28-17-11-20-32(45)36(28)46)48-38(51)27-15-9-6-10-16-27/h5-20,23-24,37H,21-22,25H2,1-4H3,(H,47,52)(H,48,51)(H,49,53)/b33-23+. The Morgan fingerprint density at radius 2 is 1.58 bits per heavy atom. The summed E-state index contributed by atoms with van der Waals surface area (Å²) >= 11 is 15.2. The first-order valence-electron chi connectivity index (χ1n) is 18.4. The van der Waals surface area contributed by atoms with E-state index in [2.05, 4.69) is 16.0 Å². The lowest BCUT2D eigenvalue weighted by molar-refractivity contribution is -0.116. The van der Waals surface area contributed by atoms with Crippen LogP contribution in [0.4, 0.5) is 15.5 Å². The third-order valence-corrected chi connectivity index (χ3v) is 12.0. The highest BCUT2D eigenvalue weighted by atomic mass is 35.5. The molecule has 6 rings (SSSR count). The number of methoxy groups -OCH3 is 1. The Bertz CT molecular complexity index is 2420. The monoisotopic (exact) mass is 870 g/mol. The average molecular weight is 872 g/mol. The van der Waals surface area contributed by atoms with Gasteiger partial charge in [0.1, 0.15) is 21.5 Å². The second-order valence-corrected chi connectivity index (χ2v) is 17.3. The first-order valence-corrected chi connectivity index (χ1v) is 20.8. The number of carbonyl (C=O) groups excluding carboxylic acids is 5. The van der Waals surface area contributed by atoms with E-state index in [-0.39, 0.29) is 27.9 Å². The van der Waals surface area contributed by atoms with Crippen LogP contribution in [0.1, 0.15) is 68.3 Å². The van der Waals surface area contributed by atoms with E-state index >= 15 is 0 Å². The molecule has 304 valence electrons. The SMILES string of the molecule is COC(=O)c1c(NC(=O)C(Sc2cccc(NC(=O)/C(=C\c3cccc(Cl)c3Cl)NC(=O)c3ccccc3)c2)c2ccccc2)sc2c1CCN(C(=O)OC(C)(C)C)C2. The molecule has 0 spiro atoms. The number of rotatable bonds is 11. The topological polar surface area (TPSA) is 143 Å². The summed E-state index contributed by atoms with van der Waals surface area (Å²) < 4.78 is 10.7. The zero-order valence-electron chi connectivity index (χ0n) is 32.5. The number of thiophene rings is 1. The van der Waals surface area contributed by atoms with Crippen molar-refractivity contribution < 1.29 is 33.4 Å². The highest BCUT2D eigenvalue weighted by molar-refractivity contribution is 8.00. The van der Waals surface area contributed by atoms with Gasteiger partial charge in [-0.1, -0.05) is 89.9 Å². The quantitative estimate of drug-likeness (QED) is 0.0677. The summed E-state index contributed by atoms with van der Waals surface area (Å²) in [4.78, 5) is 70.4. The van der Waals surface area contributed by atoms with Crippen molar-refractivity contribution in [3.63, 3.8) is 0 Å². The Hall–Kier alpha value is -5.60. The average Bonchev–Trinajstić information content (AvgIpc) is 3.58. The number of thioether (sulfide) groups is 1. The highest BCUT2D eigenvalue weighted by Gasteiger charge is 2.34. The number of nitrogens with zero attached hydrogens (tertiary/aromatic N) is 1. The summed E-state index contributed by atoms with van der Waals surface area (Å²) in [6, 6.07) is 29.5. The smallest absolute Gasteiger partial charge is 0.410 e. The minimum absolute atomic E-state index is 0.0862. The predicted octanol–water partition coefficient (Wildman–Crippen LogP) is 10.0. The molecule has 4 aromatic carbocycles. The molecule has 1 aliphatic heterocycles. The van der Waals surface area contributed by atoms with Gasteiger partial charge in [0.15, 0.2) is 0 Å². The third kappa shape index (κ3) is 10.9. The fraction of sp³-hybridized carbons (Fsp3) is 0.205. The number of hydrogen-bond acceptors (Lipinski definition) is 9. The van der Waals surface area contributed by atoms with E-state index in [4.69, 9.17) is 32.7 Å². The number of ether oxygens (including phenoxy) is 2. The summed E-state index contributed by atoms with van der Waals surface area (Å²) in [5.74, 6) is -2.14. The molecule has 1 unspecified atom stereocenters. The number of carbonyl (C=O) groups is 5. The molecule has 0 aliphatic carbocycles. The van der Waals surface area contributed by atoms with E-state index in [0.29, 0.717) is 45.2 Å². The molecule has 59 heavy (non-hydrogen) atoms. The zero-order valence-corrected chi connectivity index (χ0v) is 35.6. The van der Waals surface area contributed by atoms with Gasteiger partial charge in [-0.25, -0.2) is 9.59 Å². The maximum Gasteiger partial charge on any atom is 0.410 e. The third-order valence-electron chi connectivity index (χ3n) is 8.83. The van der Waals surface area contributed by atoms with Crippen molar-refractivity contribution in [2.45, 2.75) is 49.5 Å². The Morgan fingerprint density at radius 1 is 0.881 bits per heavy atom. The predicted molar refractivity (Wildman–Crippen MR) is 233 cm³/mol. The molecule has 4 amide bonds. The van der Waals surface area contributed by atoms with Crippen molar-refractivity contribution >= 4 is 92.8 Å². The Morgan fingerprint density at radius 3 is 2.27 bits per heavy atom. The molecule has 0 bridgehead atoms. The van der Waals surface area contributed by atoms with Crippen LogP contribution in [0.2, 0.25) is 10.0 Å². The Kier molecular flexibility index (Phi) is 13.8. The van der Waals surface area contributed by atoms with Crippen LogP contribution in [0.3, 0.4) is 0 Å². The van der Waals surface area contributed by atoms with Crippen LogP contribution in [0, 0.1) is 0 Å². The van der Waals surface area contributed by atoms with Crippen molar-refractivity contribution in [2.24, 2.45) is 0 Å². The van der Waals surface area contributed by atoms with Crippen LogP contribution in [0.5, 0.6) is 0 Å². The molecule has 0 saturated heterocycles. The molecule has 1 atom stereocenters. The fourth-order valence-electron chi connectivity index (χ4n) is 6.08. The summed E-state index contributed by atoms with van der Waals surface area (Å²) in [5, 5.41) is 8.54. The van der Waals surface area contributed by atoms with Crippen LogP contribution < -0.4 is 16.0 Å². The zero-order chi connectivity index (χ0) is 42.3. The number of hydrogen-bond donors (Lipinski definition) is 3. The first-order chi connectivity index (χ1) is 28.2. The van der Waals surface area contributed by atoms with Gasteiger partial charge < -0.3 is 30.3 Å². The lowest BCUT2D eigenvalue weighted by Crippen LogP contribution is -2.39. The Labute approximate surface area is 360 Å². The van der Waals surface area contributed by atoms with Crippen molar-refractivity contribution in [1.29, 1.82) is 0 Å². The fourth-order valence-corrected chi connectivity index (χ4v) is 8.78. The molecule has 0 saturated carbocycles. The van der Waals surface area contributed by atoms with Gasteiger partial charge in [0.2, 0.25) is 5.91 Å². The van der Waals surface area contributed by atoms with Gasteiger partial charge in [0.25, 0.3) is 11.8 Å². The largest absolute Gasteiger partial charge is 0.465 e. The van der Waals surface area contributed by atoms with E-state index in [9.17, 15) is 24.0 Å². The molecule has 1 aromatic heterocycles. The van der Waals surface area contributed by atoms with E-state index in [0.717, 1.165) is 10.4 Å². The lowest BCUT2D eigenvalue weighted by Gasteiger charge is -2.30. The van der Waals surface area contributed by atoms with Gasteiger partial charge in [-0.05, 0) is 86.4 Å². The van der Waals surface area contributed by atoms with Gasteiger partial charge >= 0.3 is 12.1 Å². The van der Waals surface area contributed by atoms with Crippen LogP contribution in [-0.4, -0.2) is 53.9 Å². The molecule has 5 aromatic rings. The molecule has 0 fully saturated rings. The maximum absolute atomic E-state index is 14.3. The summed E-state index contributed by atoms with van der Waals surface area (Å²) in [6.07, 6.45) is 1.36. The minimum atomic E-state index is -0.810. The lowest BCUT2D eigenvalue weighted by atomic mass is 10.0. The molecule has 0 radical (unpaired) electrons. The minimum Gasteiger partial charge on any atom is -0.465 e. The molecule has 1 aliphatic rings. The van der Waals surface area contributed by atoms with Gasteiger partial charge in [-0.2, -0.15) is 0 Å². The van der Waals surface area contributed by atoms with E-state index < -0.39 is 40.6 Å². The highest BCUT2D eigenvalue weighted by Crippen LogP contribution is 2.41. The summed E-state index contributed by atoms with van der Waals surface area (Å²) in [5.41, 5.74) is 2.05. The molecule has 11 nitrogen and oxygen atoms in total. The second-order valence-electron chi connectivity index (χ2n) is 14.3. The van der Waals surface area contributed by atoms with E-state index in [1.807, 2.05) is 30.3 Å². The molecular formula is C44H40Cl2N4O7S2. The normalized spacial score (nSPS) is 13.1. The number of halogens is 2. The second kappa shape index (κ2) is 19.0. The van der Waals surface area contributed by atoms with Gasteiger partial charge in [0, 0.05) is 27.6 Å². The molecule has 15 heteroatoms. The van der Waals surface area contributed by atoms with Crippen LogP contribution in [0.15, 0.2) is 114 Å². The van der Waals surface area contributed by atoms with Crippen molar-refractivity contribution in [1.82, 2.24) is 10.2 Å². The van der Waals surface area contributed by atoms with Crippen molar-refractivity contribution in [2.75, 3.05) is 24.3 Å². The maximum atomic E-state index is 14.3. The van der Waals surface area contributed by atoms with Gasteiger partial charge in [-0.3, -0.25) is 14.4 Å². The molecular weight excluding hydrogens is 832 g/mol. The number of anilines is 2. The first kappa shape index (κ1) is 43.0. The van der Waals surface area contributed by atoms with Crippen LogP contribution in [0.25, 0.3) is 6.08 Å². The molecule has 3 N–H and O–H groups in total. The van der Waals surface area contributed by atoms with Crippen LogP contribution in [-0.2, 0) is 32.0 Å². The summed E-state index contributed by atoms with van der Waals surface area (Å²) in [6.45, 7) is 5.93. The summed E-state index contributed by atoms with van der Waals surface area (Å²) in [7, 11) is 1.28. The van der Waals surface area contributed by atoms with Crippen LogP contribution >= 0.6 is 46.3 Å². The van der Waals surface area contributed by atoms with E-state index in [1.54, 1.807) is 98.5 Å². The number of amides is 4. The van der Waals surface area contributed by atoms with Crippen molar-refractivity contribution in [3.05, 3.63) is 152 Å². The van der Waals surface area contributed by atoms with Crippen molar-refractivity contribution in [3.8, 4) is 0 Å². The number of fused-ring (bicyclic) bond motifs is 1. The Balaban J connectivity index is 1.25.